The van der Waals surface area contributed by atoms with E-state index in [0.717, 1.165) is 0 Å². The van der Waals surface area contributed by atoms with Crippen LogP contribution >= 0.6 is 0 Å². The Morgan fingerprint density at radius 2 is 1.62 bits per heavy atom. The van der Waals surface area contributed by atoms with Crippen molar-refractivity contribution < 1.29 is 22.5 Å². The Bertz CT molecular complexity index is 720. The Morgan fingerprint density at radius 1 is 1.05 bits per heavy atom. The number of carboxylic acids is 1. The van der Waals surface area contributed by atoms with E-state index in [1.54, 1.807) is 25.1 Å². The molecule has 0 saturated carbocycles. The topological polar surface area (TPSA) is 80.7 Å². The minimum atomic E-state index is -3.88. The lowest BCUT2D eigenvalue weighted by Gasteiger charge is -2.09. The first kappa shape index (κ1) is 15.1. The lowest BCUT2D eigenvalue weighted by Crippen LogP contribution is -2.10. The van der Waals surface area contributed by atoms with Gasteiger partial charge in [-0.15, -0.1) is 0 Å². The van der Waals surface area contributed by atoms with Gasteiger partial charge >= 0.3 is 16.1 Å². The van der Waals surface area contributed by atoms with E-state index < -0.39 is 22.0 Å². The average molecular weight is 306 g/mol. The lowest BCUT2D eigenvalue weighted by molar-refractivity contribution is -0.138. The van der Waals surface area contributed by atoms with Gasteiger partial charge in [-0.05, 0) is 36.8 Å². The molecular formula is C15H14O5S. The fourth-order valence-electron chi connectivity index (χ4n) is 1.72. The predicted molar refractivity (Wildman–Crippen MR) is 76.7 cm³/mol. The van der Waals surface area contributed by atoms with Gasteiger partial charge in [-0.2, -0.15) is 8.42 Å². The van der Waals surface area contributed by atoms with Crippen LogP contribution in [-0.2, 0) is 14.9 Å². The highest BCUT2D eigenvalue weighted by atomic mass is 32.2. The number of benzene rings is 2. The molecule has 0 aliphatic heterocycles. The summed E-state index contributed by atoms with van der Waals surface area (Å²) in [6.45, 7) is 1.55. The standard InChI is InChI=1S/C15H14O5S/c1-11(15(16)17)12-7-9-13(10-8-12)20-21(18,19)14-5-3-2-4-6-14/h2-11H,1H3,(H,16,17)/t11-/m0/s1. The zero-order valence-corrected chi connectivity index (χ0v) is 12.1. The summed E-state index contributed by atoms with van der Waals surface area (Å²) in [5.74, 6) is -1.47. The Kier molecular flexibility index (Phi) is 4.28. The van der Waals surface area contributed by atoms with Gasteiger partial charge in [0.2, 0.25) is 0 Å². The third-order valence-corrected chi connectivity index (χ3v) is 4.25. The Balaban J connectivity index is 2.19. The Morgan fingerprint density at radius 3 is 2.14 bits per heavy atom. The minimum absolute atomic E-state index is 0.0629. The van der Waals surface area contributed by atoms with Gasteiger partial charge in [0.05, 0.1) is 5.92 Å². The van der Waals surface area contributed by atoms with E-state index in [-0.39, 0.29) is 10.6 Å². The van der Waals surface area contributed by atoms with Crippen molar-refractivity contribution >= 4 is 16.1 Å². The maximum absolute atomic E-state index is 12.0. The highest BCUT2D eigenvalue weighted by molar-refractivity contribution is 7.87. The van der Waals surface area contributed by atoms with Crippen LogP contribution < -0.4 is 4.18 Å². The maximum atomic E-state index is 12.0. The van der Waals surface area contributed by atoms with Crippen molar-refractivity contribution in [1.29, 1.82) is 0 Å². The molecule has 0 bridgehead atoms. The van der Waals surface area contributed by atoms with Crippen LogP contribution in [0.2, 0.25) is 0 Å². The molecule has 6 heteroatoms. The van der Waals surface area contributed by atoms with E-state index in [9.17, 15) is 13.2 Å². The fraction of sp³-hybridized carbons (Fsp3) is 0.133. The summed E-state index contributed by atoms with van der Waals surface area (Å²) in [7, 11) is -3.88. The number of aliphatic carboxylic acids is 1. The summed E-state index contributed by atoms with van der Waals surface area (Å²) in [5.41, 5.74) is 0.576. The molecule has 2 rings (SSSR count). The minimum Gasteiger partial charge on any atom is -0.481 e. The lowest BCUT2D eigenvalue weighted by atomic mass is 10.0. The molecule has 2 aromatic rings. The van der Waals surface area contributed by atoms with Crippen LogP contribution in [-0.4, -0.2) is 19.5 Å². The third kappa shape index (κ3) is 3.61. The van der Waals surface area contributed by atoms with Crippen LogP contribution in [0.4, 0.5) is 0 Å². The molecule has 110 valence electrons. The molecule has 0 unspecified atom stereocenters. The summed E-state index contributed by atoms with van der Waals surface area (Å²) in [6, 6.07) is 13.8. The van der Waals surface area contributed by atoms with Crippen molar-refractivity contribution in [2.45, 2.75) is 17.7 Å². The molecule has 0 amide bonds. The molecule has 0 spiro atoms. The van der Waals surface area contributed by atoms with Gasteiger partial charge in [-0.3, -0.25) is 4.79 Å². The molecule has 1 atom stereocenters. The summed E-state index contributed by atoms with van der Waals surface area (Å²) >= 11 is 0. The summed E-state index contributed by atoms with van der Waals surface area (Å²) in [5, 5.41) is 8.91. The molecule has 0 radical (unpaired) electrons. The van der Waals surface area contributed by atoms with Gasteiger partial charge in [0, 0.05) is 0 Å². The van der Waals surface area contributed by atoms with E-state index >= 15 is 0 Å². The second kappa shape index (κ2) is 5.97. The predicted octanol–water partition coefficient (Wildman–Crippen LogP) is 2.64. The molecular weight excluding hydrogens is 292 g/mol. The number of carbonyl (C=O) groups is 1. The summed E-state index contributed by atoms with van der Waals surface area (Å²) in [6.07, 6.45) is 0. The zero-order chi connectivity index (χ0) is 15.5. The second-order valence-corrected chi connectivity index (χ2v) is 6.03. The van der Waals surface area contributed by atoms with Gasteiger partial charge in [0.15, 0.2) is 0 Å². The van der Waals surface area contributed by atoms with Crippen molar-refractivity contribution in [3.63, 3.8) is 0 Å². The number of hydrogen-bond donors (Lipinski definition) is 1. The summed E-state index contributed by atoms with van der Waals surface area (Å²) in [4.78, 5) is 10.9. The zero-order valence-electron chi connectivity index (χ0n) is 11.3. The number of rotatable bonds is 5. The summed E-state index contributed by atoms with van der Waals surface area (Å²) < 4.78 is 29.0. The van der Waals surface area contributed by atoms with E-state index in [2.05, 4.69) is 0 Å². The quantitative estimate of drug-likeness (QED) is 0.859. The highest BCUT2D eigenvalue weighted by Gasteiger charge is 2.17. The first-order valence-corrected chi connectivity index (χ1v) is 7.63. The van der Waals surface area contributed by atoms with Gasteiger partial charge in [0.25, 0.3) is 0 Å². The van der Waals surface area contributed by atoms with Crippen LogP contribution in [0.25, 0.3) is 0 Å². The molecule has 0 aliphatic rings. The van der Waals surface area contributed by atoms with Gasteiger partial charge in [0.1, 0.15) is 10.6 Å². The SMILES string of the molecule is C[C@H](C(=O)O)c1ccc(OS(=O)(=O)c2ccccc2)cc1. The second-order valence-electron chi connectivity index (χ2n) is 4.48. The molecule has 5 nitrogen and oxygen atoms in total. The maximum Gasteiger partial charge on any atom is 0.339 e. The first-order chi connectivity index (χ1) is 9.90. The highest BCUT2D eigenvalue weighted by Crippen LogP contribution is 2.22. The van der Waals surface area contributed by atoms with Crippen LogP contribution in [0.5, 0.6) is 5.75 Å². The van der Waals surface area contributed by atoms with Gasteiger partial charge in [-0.1, -0.05) is 30.3 Å². The van der Waals surface area contributed by atoms with Crippen LogP contribution in [0.15, 0.2) is 59.5 Å². The van der Waals surface area contributed by atoms with Crippen molar-refractivity contribution in [1.82, 2.24) is 0 Å². The average Bonchev–Trinajstić information content (AvgIpc) is 2.48. The van der Waals surface area contributed by atoms with Gasteiger partial charge in [-0.25, -0.2) is 0 Å². The van der Waals surface area contributed by atoms with E-state index in [0.29, 0.717) is 5.56 Å². The number of carboxylic acid groups (broad SMARTS) is 1. The Labute approximate surface area is 122 Å². The smallest absolute Gasteiger partial charge is 0.339 e. The molecule has 0 aromatic heterocycles. The molecule has 0 saturated heterocycles. The first-order valence-electron chi connectivity index (χ1n) is 6.22. The molecule has 1 N–H and O–H groups in total. The van der Waals surface area contributed by atoms with Crippen molar-refractivity contribution in [3.8, 4) is 5.75 Å². The fourth-order valence-corrected chi connectivity index (χ4v) is 2.67. The van der Waals surface area contributed by atoms with Crippen molar-refractivity contribution in [3.05, 3.63) is 60.2 Å². The Hall–Kier alpha value is -2.34. The van der Waals surface area contributed by atoms with Crippen LogP contribution in [0, 0.1) is 0 Å². The van der Waals surface area contributed by atoms with Crippen molar-refractivity contribution in [2.75, 3.05) is 0 Å². The molecule has 0 heterocycles. The number of hydrogen-bond acceptors (Lipinski definition) is 4. The van der Waals surface area contributed by atoms with E-state index in [1.165, 1.54) is 36.4 Å². The normalized spacial score (nSPS) is 12.6. The van der Waals surface area contributed by atoms with Crippen molar-refractivity contribution in [2.24, 2.45) is 0 Å². The monoisotopic (exact) mass is 306 g/mol. The molecule has 0 fully saturated rings. The van der Waals surface area contributed by atoms with Crippen LogP contribution in [0.1, 0.15) is 18.4 Å². The largest absolute Gasteiger partial charge is 0.481 e. The molecule has 21 heavy (non-hydrogen) atoms. The third-order valence-electron chi connectivity index (χ3n) is 2.99. The van der Waals surface area contributed by atoms with Crippen LogP contribution in [0.3, 0.4) is 0 Å². The molecule has 2 aromatic carbocycles. The van der Waals surface area contributed by atoms with E-state index in [4.69, 9.17) is 9.29 Å². The molecule has 0 aliphatic carbocycles. The van der Waals surface area contributed by atoms with E-state index in [1.807, 2.05) is 0 Å². The van der Waals surface area contributed by atoms with Gasteiger partial charge < -0.3 is 9.29 Å².